The summed E-state index contributed by atoms with van der Waals surface area (Å²) in [5, 5.41) is 17.9. The number of nitriles is 1. The van der Waals surface area contributed by atoms with Crippen LogP contribution in [0.5, 0.6) is 5.88 Å². The van der Waals surface area contributed by atoms with Crippen LogP contribution in [0.4, 0.5) is 0 Å². The Balaban J connectivity index is 1.60. The highest BCUT2D eigenvalue weighted by atomic mass is 16.5. The number of benzene rings is 1. The summed E-state index contributed by atoms with van der Waals surface area (Å²) in [6, 6.07) is 8.19. The Morgan fingerprint density at radius 3 is 2.90 bits per heavy atom. The number of hydrogen-bond acceptors (Lipinski definition) is 6. The van der Waals surface area contributed by atoms with Crippen molar-refractivity contribution < 1.29 is 9.47 Å². The predicted octanol–water partition coefficient (Wildman–Crippen LogP) is 3.12. The normalized spacial score (nSPS) is 22.5. The van der Waals surface area contributed by atoms with Gasteiger partial charge in [-0.3, -0.25) is 15.0 Å². The summed E-state index contributed by atoms with van der Waals surface area (Å²) < 4.78 is 11.3. The fourth-order valence-corrected chi connectivity index (χ4v) is 4.09. The van der Waals surface area contributed by atoms with Gasteiger partial charge in [-0.25, -0.2) is 4.85 Å². The SMILES string of the molecule is [C-]#[N+]C1=C(C)N=C(C)C(C#N)C1c1ccc2[nH]nc(OCCN3CCOCC3)c2c1. The molecule has 1 N–H and O–H groups in total. The maximum atomic E-state index is 9.75. The van der Waals surface area contributed by atoms with Gasteiger partial charge in [-0.1, -0.05) is 6.07 Å². The monoisotopic (exact) mass is 404 g/mol. The number of hydrogen-bond donors (Lipinski definition) is 1. The van der Waals surface area contributed by atoms with E-state index in [1.807, 2.05) is 32.0 Å². The number of allylic oxidation sites excluding steroid dienone is 2. The average molecular weight is 404 g/mol. The Hall–Kier alpha value is -3.20. The summed E-state index contributed by atoms with van der Waals surface area (Å²) in [5.41, 5.74) is 3.69. The summed E-state index contributed by atoms with van der Waals surface area (Å²) in [6.45, 7) is 16.0. The van der Waals surface area contributed by atoms with Crippen molar-refractivity contribution >= 4 is 16.6 Å². The number of aliphatic imine (C=N–C) groups is 1. The average Bonchev–Trinajstić information content (AvgIpc) is 3.16. The van der Waals surface area contributed by atoms with Gasteiger partial charge in [0.1, 0.15) is 6.61 Å². The maximum absolute atomic E-state index is 9.75. The molecule has 0 saturated carbocycles. The van der Waals surface area contributed by atoms with Crippen molar-refractivity contribution in [2.75, 3.05) is 39.5 Å². The molecule has 2 aliphatic rings. The van der Waals surface area contributed by atoms with E-state index in [9.17, 15) is 5.26 Å². The maximum Gasteiger partial charge on any atom is 0.240 e. The molecule has 1 aromatic carbocycles. The second-order valence-corrected chi connectivity index (χ2v) is 7.56. The van der Waals surface area contributed by atoms with Crippen molar-refractivity contribution in [2.45, 2.75) is 19.8 Å². The highest BCUT2D eigenvalue weighted by Gasteiger charge is 2.34. The first-order valence-electron chi connectivity index (χ1n) is 10.1. The number of fused-ring (bicyclic) bond motifs is 1. The fourth-order valence-electron chi connectivity index (χ4n) is 4.09. The van der Waals surface area contributed by atoms with E-state index in [4.69, 9.17) is 16.0 Å². The van der Waals surface area contributed by atoms with Gasteiger partial charge in [0, 0.05) is 37.0 Å². The zero-order chi connectivity index (χ0) is 21.1. The Labute approximate surface area is 175 Å². The van der Waals surface area contributed by atoms with Crippen molar-refractivity contribution in [2.24, 2.45) is 10.9 Å². The van der Waals surface area contributed by atoms with Crippen molar-refractivity contribution in [1.82, 2.24) is 15.1 Å². The number of aromatic amines is 1. The molecule has 2 aliphatic heterocycles. The van der Waals surface area contributed by atoms with E-state index in [0.717, 1.165) is 55.0 Å². The third kappa shape index (κ3) is 3.80. The van der Waals surface area contributed by atoms with E-state index in [1.165, 1.54) is 0 Å². The zero-order valence-electron chi connectivity index (χ0n) is 17.2. The quantitative estimate of drug-likeness (QED) is 0.773. The van der Waals surface area contributed by atoms with Crippen molar-refractivity contribution in [3.8, 4) is 11.9 Å². The van der Waals surface area contributed by atoms with Gasteiger partial charge in [0.15, 0.2) is 5.70 Å². The van der Waals surface area contributed by atoms with Crippen LogP contribution in [-0.2, 0) is 4.74 Å². The number of aromatic nitrogens is 2. The Morgan fingerprint density at radius 2 is 2.17 bits per heavy atom. The van der Waals surface area contributed by atoms with Gasteiger partial charge in [-0.05, 0) is 31.5 Å². The van der Waals surface area contributed by atoms with Crippen LogP contribution in [0.25, 0.3) is 15.7 Å². The fraction of sp³-hybridized carbons (Fsp3) is 0.455. The van der Waals surface area contributed by atoms with Crippen molar-refractivity contribution in [1.29, 1.82) is 5.26 Å². The first kappa shape index (κ1) is 20.1. The van der Waals surface area contributed by atoms with Gasteiger partial charge in [0.25, 0.3) is 0 Å². The molecule has 2 unspecified atom stereocenters. The molecule has 1 fully saturated rings. The van der Waals surface area contributed by atoms with E-state index < -0.39 is 5.92 Å². The summed E-state index contributed by atoms with van der Waals surface area (Å²) in [7, 11) is 0. The summed E-state index contributed by atoms with van der Waals surface area (Å²) in [6.07, 6.45) is 0. The van der Waals surface area contributed by atoms with Crippen LogP contribution < -0.4 is 4.74 Å². The smallest absolute Gasteiger partial charge is 0.240 e. The first-order valence-corrected chi connectivity index (χ1v) is 10.1. The molecule has 2 aromatic rings. The molecule has 8 nitrogen and oxygen atoms in total. The lowest BCUT2D eigenvalue weighted by molar-refractivity contribution is 0.0321. The molecule has 1 saturated heterocycles. The molecule has 1 aromatic heterocycles. The molecule has 0 radical (unpaired) electrons. The molecule has 2 atom stereocenters. The Morgan fingerprint density at radius 1 is 1.37 bits per heavy atom. The van der Waals surface area contributed by atoms with E-state index in [0.29, 0.717) is 23.9 Å². The summed E-state index contributed by atoms with van der Waals surface area (Å²) >= 11 is 0. The standard InChI is InChI=1S/C22H24N6O2/c1-14-18(13-23)20(21(24-3)15(2)25-14)16-4-5-19-17(12-16)22(27-26-19)30-11-8-28-6-9-29-10-7-28/h4-5,12,18,20H,6-11H2,1-2H3,(H,26,27). The molecular weight excluding hydrogens is 380 g/mol. The highest BCUT2D eigenvalue weighted by Crippen LogP contribution is 2.40. The van der Waals surface area contributed by atoms with Gasteiger partial charge < -0.3 is 9.47 Å². The van der Waals surface area contributed by atoms with Gasteiger partial charge in [0.05, 0.1) is 42.7 Å². The number of H-pyrrole nitrogens is 1. The van der Waals surface area contributed by atoms with Gasteiger partial charge in [-0.15, -0.1) is 5.10 Å². The lowest BCUT2D eigenvalue weighted by Crippen LogP contribution is -2.38. The van der Waals surface area contributed by atoms with E-state index in [-0.39, 0.29) is 5.92 Å². The Bertz CT molecular complexity index is 1080. The van der Waals surface area contributed by atoms with Crippen LogP contribution in [-0.4, -0.2) is 60.3 Å². The molecule has 30 heavy (non-hydrogen) atoms. The van der Waals surface area contributed by atoms with Gasteiger partial charge in [0.2, 0.25) is 5.88 Å². The molecular formula is C22H24N6O2. The molecule has 4 rings (SSSR count). The van der Waals surface area contributed by atoms with Gasteiger partial charge >= 0.3 is 0 Å². The summed E-state index contributed by atoms with van der Waals surface area (Å²) in [4.78, 5) is 10.4. The predicted molar refractivity (Wildman–Crippen MR) is 113 cm³/mol. The Kier molecular flexibility index (Phi) is 5.80. The van der Waals surface area contributed by atoms with Crippen LogP contribution in [0.15, 0.2) is 34.6 Å². The van der Waals surface area contributed by atoms with E-state index in [1.54, 1.807) is 0 Å². The van der Waals surface area contributed by atoms with Crippen LogP contribution >= 0.6 is 0 Å². The number of rotatable bonds is 5. The topological polar surface area (TPSA) is 90.9 Å². The third-order valence-electron chi connectivity index (χ3n) is 5.71. The molecule has 0 bridgehead atoms. The number of nitrogens with zero attached hydrogens (tertiary/aromatic N) is 5. The second kappa shape index (κ2) is 8.66. The van der Waals surface area contributed by atoms with Crippen molar-refractivity contribution in [3.05, 3.63) is 46.6 Å². The summed E-state index contributed by atoms with van der Waals surface area (Å²) in [5.74, 6) is -0.266. The third-order valence-corrected chi connectivity index (χ3v) is 5.71. The number of nitrogens with one attached hydrogen (secondary N) is 1. The lowest BCUT2D eigenvalue weighted by Gasteiger charge is -2.26. The van der Waals surface area contributed by atoms with Gasteiger partial charge in [-0.2, -0.15) is 5.26 Å². The molecule has 0 spiro atoms. The molecule has 3 heterocycles. The largest absolute Gasteiger partial charge is 0.475 e. The second-order valence-electron chi connectivity index (χ2n) is 7.56. The molecule has 0 amide bonds. The molecule has 154 valence electrons. The van der Waals surface area contributed by atoms with E-state index in [2.05, 4.69) is 31.0 Å². The lowest BCUT2D eigenvalue weighted by atomic mass is 9.79. The van der Waals surface area contributed by atoms with Crippen LogP contribution in [0, 0.1) is 23.8 Å². The first-order chi connectivity index (χ1) is 14.6. The van der Waals surface area contributed by atoms with Crippen LogP contribution in [0.3, 0.4) is 0 Å². The highest BCUT2D eigenvalue weighted by molar-refractivity contribution is 5.91. The minimum absolute atomic E-state index is 0.342. The van der Waals surface area contributed by atoms with Crippen molar-refractivity contribution in [3.63, 3.8) is 0 Å². The minimum Gasteiger partial charge on any atom is -0.475 e. The van der Waals surface area contributed by atoms with Crippen LogP contribution in [0.2, 0.25) is 0 Å². The molecule has 0 aliphatic carbocycles. The van der Waals surface area contributed by atoms with E-state index >= 15 is 0 Å². The number of ether oxygens (including phenoxy) is 2. The molecule has 8 heteroatoms. The number of morpholine rings is 1. The van der Waals surface area contributed by atoms with Crippen LogP contribution in [0.1, 0.15) is 25.3 Å². The minimum atomic E-state index is -0.465. The zero-order valence-corrected chi connectivity index (χ0v) is 17.2.